The molecular weight excluding hydrogens is 332 g/mol. The van der Waals surface area contributed by atoms with Crippen molar-refractivity contribution in [3.63, 3.8) is 0 Å². The first kappa shape index (κ1) is 16.8. The number of hydrogen-bond acceptors (Lipinski definition) is 5. The second-order valence-electron chi connectivity index (χ2n) is 6.71. The molecule has 1 amide bonds. The van der Waals surface area contributed by atoms with Crippen LogP contribution >= 0.6 is 0 Å². The molecular formula is C19H22N4O3. The summed E-state index contributed by atoms with van der Waals surface area (Å²) in [6.07, 6.45) is 3.14. The number of imidazole rings is 1. The van der Waals surface area contributed by atoms with Crippen molar-refractivity contribution in [3.05, 3.63) is 36.6 Å². The van der Waals surface area contributed by atoms with E-state index in [-0.39, 0.29) is 5.91 Å². The molecule has 0 saturated carbocycles. The van der Waals surface area contributed by atoms with E-state index in [1.807, 2.05) is 30.3 Å². The number of carbonyl (C=O) groups is 1. The van der Waals surface area contributed by atoms with Crippen LogP contribution in [0.3, 0.4) is 0 Å². The van der Waals surface area contributed by atoms with E-state index >= 15 is 0 Å². The normalized spacial score (nSPS) is 16.7. The summed E-state index contributed by atoms with van der Waals surface area (Å²) in [4.78, 5) is 20.7. The average molecular weight is 354 g/mol. The number of nitrogens with zero attached hydrogens (tertiary/aromatic N) is 1. The number of aromatic amines is 1. The van der Waals surface area contributed by atoms with Crippen molar-refractivity contribution in [2.45, 2.75) is 12.8 Å². The van der Waals surface area contributed by atoms with E-state index in [2.05, 4.69) is 20.6 Å². The van der Waals surface area contributed by atoms with Gasteiger partial charge < -0.3 is 24.8 Å². The summed E-state index contributed by atoms with van der Waals surface area (Å²) in [6.45, 7) is 2.07. The molecule has 0 bridgehead atoms. The molecule has 7 nitrogen and oxygen atoms in total. The highest BCUT2D eigenvalue weighted by Crippen LogP contribution is 2.31. The molecule has 1 aliphatic rings. The van der Waals surface area contributed by atoms with Crippen LogP contribution in [0.2, 0.25) is 0 Å². The van der Waals surface area contributed by atoms with Gasteiger partial charge in [-0.3, -0.25) is 4.79 Å². The van der Waals surface area contributed by atoms with Crippen molar-refractivity contribution in [3.8, 4) is 11.6 Å². The lowest BCUT2D eigenvalue weighted by Crippen LogP contribution is -2.47. The maximum Gasteiger partial charge on any atom is 0.233 e. The molecule has 1 saturated heterocycles. The summed E-state index contributed by atoms with van der Waals surface area (Å²) in [5, 5.41) is 6.35. The van der Waals surface area contributed by atoms with Crippen molar-refractivity contribution in [1.29, 1.82) is 0 Å². The fourth-order valence-corrected chi connectivity index (χ4v) is 3.50. The van der Waals surface area contributed by atoms with E-state index in [1.165, 1.54) is 0 Å². The quantitative estimate of drug-likeness (QED) is 0.655. The van der Waals surface area contributed by atoms with Crippen LogP contribution in [0.15, 0.2) is 41.0 Å². The fraction of sp³-hybridized carbons (Fsp3) is 0.368. The average Bonchev–Trinajstić information content (AvgIpc) is 3.32. The Balaban J connectivity index is 1.57. The van der Waals surface area contributed by atoms with Gasteiger partial charge in [-0.15, -0.1) is 0 Å². The van der Waals surface area contributed by atoms with Gasteiger partial charge in [0.05, 0.1) is 29.3 Å². The first-order chi connectivity index (χ1) is 12.7. The second kappa shape index (κ2) is 6.93. The maximum absolute atomic E-state index is 12.9. The number of nitrogens with one attached hydrogen (secondary N) is 3. The number of amides is 1. The second-order valence-corrected chi connectivity index (χ2v) is 6.71. The number of benzene rings is 1. The topological polar surface area (TPSA) is 92.2 Å². The van der Waals surface area contributed by atoms with Crippen LogP contribution in [-0.2, 0) is 9.53 Å². The summed E-state index contributed by atoms with van der Waals surface area (Å²) in [7, 11) is 1.64. The van der Waals surface area contributed by atoms with Crippen LogP contribution in [-0.4, -0.2) is 42.7 Å². The zero-order valence-corrected chi connectivity index (χ0v) is 14.7. The largest absolute Gasteiger partial charge is 0.461 e. The number of hydrogen-bond donors (Lipinski definition) is 3. The van der Waals surface area contributed by atoms with Crippen LogP contribution in [0.5, 0.6) is 0 Å². The minimum atomic E-state index is -0.484. The highest BCUT2D eigenvalue weighted by Gasteiger charge is 2.39. The minimum Gasteiger partial charge on any atom is -0.461 e. The molecule has 0 spiro atoms. The number of aromatic nitrogens is 2. The molecule has 0 radical (unpaired) electrons. The number of H-pyrrole nitrogens is 1. The zero-order chi connectivity index (χ0) is 18.0. The number of rotatable bonds is 5. The number of fused-ring (bicyclic) bond motifs is 1. The van der Waals surface area contributed by atoms with Gasteiger partial charge in [-0.25, -0.2) is 4.98 Å². The number of anilines is 1. The van der Waals surface area contributed by atoms with Crippen LogP contribution in [0.1, 0.15) is 12.8 Å². The Kier molecular flexibility index (Phi) is 4.48. The Hall–Kier alpha value is -2.64. The Morgan fingerprint density at radius 3 is 2.92 bits per heavy atom. The molecule has 1 fully saturated rings. The van der Waals surface area contributed by atoms with E-state index < -0.39 is 5.41 Å². The van der Waals surface area contributed by atoms with Gasteiger partial charge in [0.2, 0.25) is 5.91 Å². The molecule has 2 aromatic heterocycles. The highest BCUT2D eigenvalue weighted by atomic mass is 16.5. The Labute approximate surface area is 151 Å². The van der Waals surface area contributed by atoms with Crippen molar-refractivity contribution in [2.75, 3.05) is 32.1 Å². The number of furan rings is 1. The molecule has 1 aromatic carbocycles. The lowest BCUT2D eigenvalue weighted by Gasteiger charge is -2.35. The molecule has 26 heavy (non-hydrogen) atoms. The predicted molar refractivity (Wildman–Crippen MR) is 98.8 cm³/mol. The summed E-state index contributed by atoms with van der Waals surface area (Å²) >= 11 is 0. The van der Waals surface area contributed by atoms with Gasteiger partial charge in [-0.2, -0.15) is 0 Å². The monoisotopic (exact) mass is 354 g/mol. The Morgan fingerprint density at radius 2 is 2.19 bits per heavy atom. The number of carbonyl (C=O) groups excluding carboxylic acids is 1. The van der Waals surface area contributed by atoms with Crippen molar-refractivity contribution in [2.24, 2.45) is 5.41 Å². The standard InChI is InChI=1S/C19H22N4O3/c1-25-12-19(6-8-20-9-7-19)18(24)21-13-4-5-14-15(11-13)23-17(22-14)16-3-2-10-26-16/h2-5,10-11,20H,6-9,12H2,1H3,(H,21,24)(H,22,23). The van der Waals surface area contributed by atoms with Crippen LogP contribution in [0.4, 0.5) is 5.69 Å². The summed E-state index contributed by atoms with van der Waals surface area (Å²) in [5.41, 5.74) is 1.93. The molecule has 1 aliphatic heterocycles. The van der Waals surface area contributed by atoms with Gasteiger partial charge in [0.25, 0.3) is 0 Å². The van der Waals surface area contributed by atoms with Gasteiger partial charge in [-0.1, -0.05) is 0 Å². The van der Waals surface area contributed by atoms with Crippen LogP contribution in [0, 0.1) is 5.41 Å². The van der Waals surface area contributed by atoms with Crippen molar-refractivity contribution < 1.29 is 13.9 Å². The molecule has 0 aliphatic carbocycles. The Morgan fingerprint density at radius 1 is 1.35 bits per heavy atom. The molecule has 4 rings (SSSR count). The van der Waals surface area contributed by atoms with Crippen molar-refractivity contribution in [1.82, 2.24) is 15.3 Å². The van der Waals surface area contributed by atoms with Crippen LogP contribution in [0.25, 0.3) is 22.6 Å². The lowest BCUT2D eigenvalue weighted by atomic mass is 9.78. The molecule has 136 valence electrons. The molecule has 0 unspecified atom stereocenters. The van der Waals surface area contributed by atoms with Gasteiger partial charge in [0, 0.05) is 12.8 Å². The summed E-state index contributed by atoms with van der Waals surface area (Å²) < 4.78 is 10.7. The molecule has 3 N–H and O–H groups in total. The molecule has 3 heterocycles. The lowest BCUT2D eigenvalue weighted by molar-refractivity contribution is -0.130. The zero-order valence-electron chi connectivity index (χ0n) is 14.7. The van der Waals surface area contributed by atoms with Gasteiger partial charge in [0.15, 0.2) is 11.6 Å². The van der Waals surface area contributed by atoms with Crippen LogP contribution < -0.4 is 10.6 Å². The first-order valence-electron chi connectivity index (χ1n) is 8.75. The minimum absolute atomic E-state index is 0.00553. The van der Waals surface area contributed by atoms with Gasteiger partial charge in [-0.05, 0) is 56.3 Å². The molecule has 3 aromatic rings. The summed E-state index contributed by atoms with van der Waals surface area (Å²) in [6, 6.07) is 9.33. The van der Waals surface area contributed by atoms with Gasteiger partial charge >= 0.3 is 0 Å². The van der Waals surface area contributed by atoms with E-state index in [4.69, 9.17) is 9.15 Å². The first-order valence-corrected chi connectivity index (χ1v) is 8.75. The third-order valence-electron chi connectivity index (χ3n) is 4.96. The number of methoxy groups -OCH3 is 1. The smallest absolute Gasteiger partial charge is 0.233 e. The molecule has 7 heteroatoms. The third-order valence-corrected chi connectivity index (χ3v) is 4.96. The van der Waals surface area contributed by atoms with E-state index in [0.717, 1.165) is 42.7 Å². The highest BCUT2D eigenvalue weighted by molar-refractivity contribution is 5.97. The predicted octanol–water partition coefficient (Wildman–Crippen LogP) is 2.78. The van der Waals surface area contributed by atoms with E-state index in [1.54, 1.807) is 13.4 Å². The third kappa shape index (κ3) is 3.11. The van der Waals surface area contributed by atoms with Gasteiger partial charge in [0.1, 0.15) is 0 Å². The number of ether oxygens (including phenoxy) is 1. The van der Waals surface area contributed by atoms with E-state index in [9.17, 15) is 4.79 Å². The van der Waals surface area contributed by atoms with E-state index in [0.29, 0.717) is 18.2 Å². The SMILES string of the molecule is COCC1(C(=O)Nc2ccc3nc(-c4ccco4)[nH]c3c2)CCNCC1. The maximum atomic E-state index is 12.9. The summed E-state index contributed by atoms with van der Waals surface area (Å²) in [5.74, 6) is 1.36. The fourth-order valence-electron chi connectivity index (χ4n) is 3.50. The number of piperidine rings is 1. The Bertz CT molecular complexity index is 889. The van der Waals surface area contributed by atoms with Crippen molar-refractivity contribution >= 4 is 22.6 Å². The molecule has 0 atom stereocenters.